The zero-order valence-corrected chi connectivity index (χ0v) is 7.35. The van der Waals surface area contributed by atoms with Crippen molar-refractivity contribution in [2.75, 3.05) is 0 Å². The van der Waals surface area contributed by atoms with Crippen molar-refractivity contribution in [1.82, 2.24) is 0 Å². The Bertz CT molecular complexity index is 231. The van der Waals surface area contributed by atoms with Crippen molar-refractivity contribution < 1.29 is 9.90 Å². The number of hydrogen-bond acceptors (Lipinski definition) is 1. The zero-order chi connectivity index (χ0) is 6.85. The van der Waals surface area contributed by atoms with Crippen LogP contribution in [-0.2, 0) is 0 Å². The lowest BCUT2D eigenvalue weighted by Gasteiger charge is -1.76. The lowest BCUT2D eigenvalue weighted by Crippen LogP contribution is -1.90. The van der Waals surface area contributed by atoms with Gasteiger partial charge in [-0.25, -0.2) is 4.79 Å². The van der Waals surface area contributed by atoms with E-state index in [0.717, 1.165) is 0 Å². The molecule has 0 aliphatic heterocycles. The molecule has 0 aromatic carbocycles. The highest BCUT2D eigenvalue weighted by atomic mass is 127. The van der Waals surface area contributed by atoms with Gasteiger partial charge in [-0.15, -0.1) is 0 Å². The maximum Gasteiger partial charge on any atom is 0.340 e. The van der Waals surface area contributed by atoms with Crippen LogP contribution in [-0.4, -0.2) is 11.1 Å². The predicted molar refractivity (Wildman–Crippen MR) is 45.3 cm³/mol. The van der Waals surface area contributed by atoms with Crippen LogP contribution in [0.4, 0.5) is 0 Å². The van der Waals surface area contributed by atoms with Crippen LogP contribution >= 0.6 is 28.8 Å². The van der Waals surface area contributed by atoms with Gasteiger partial charge >= 0.3 is 5.97 Å². The van der Waals surface area contributed by atoms with Crippen molar-refractivity contribution in [2.24, 2.45) is 0 Å². The minimum atomic E-state index is -0.835. The normalized spacial score (nSPS) is 11.4. The fraction of sp³-hybridized carbons (Fsp3) is 0. The maximum atomic E-state index is 10.2. The molecule has 2 nitrogen and oxygen atoms in total. The number of aromatic carboxylic acids is 1. The molecule has 0 amide bonds. The topological polar surface area (TPSA) is 37.3 Å². The van der Waals surface area contributed by atoms with E-state index >= 15 is 0 Å². The Balaban J connectivity index is 2.98. The van der Waals surface area contributed by atoms with E-state index in [0.29, 0.717) is 5.56 Å². The van der Waals surface area contributed by atoms with Gasteiger partial charge in [-0.2, -0.15) is 0 Å². The quantitative estimate of drug-likeness (QED) is 0.617. The van der Waals surface area contributed by atoms with Crippen molar-refractivity contribution in [3.05, 3.63) is 22.4 Å². The molecule has 0 bridgehead atoms. The van der Waals surface area contributed by atoms with E-state index in [1.165, 1.54) is 0 Å². The van der Waals surface area contributed by atoms with Crippen LogP contribution in [0.2, 0.25) is 0 Å². The van der Waals surface area contributed by atoms with Crippen LogP contribution in [0.3, 0.4) is 0 Å². The molecule has 9 heavy (non-hydrogen) atoms. The number of halogens is 1. The van der Waals surface area contributed by atoms with Gasteiger partial charge in [0.2, 0.25) is 0 Å². The van der Waals surface area contributed by atoms with E-state index < -0.39 is 5.97 Å². The average molecular weight is 255 g/mol. The number of carboxylic acids is 1. The summed E-state index contributed by atoms with van der Waals surface area (Å²) in [7, 11) is 0.0231. The molecule has 1 heterocycles. The number of carboxylic acid groups (broad SMARTS) is 1. The van der Waals surface area contributed by atoms with E-state index in [4.69, 9.17) is 5.11 Å². The Morgan fingerprint density at radius 2 is 2.44 bits per heavy atom. The van der Waals surface area contributed by atoms with Gasteiger partial charge in [-0.05, 0) is 0 Å². The third kappa shape index (κ3) is 1.65. The smallest absolute Gasteiger partial charge is 0.340 e. The van der Waals surface area contributed by atoms with Crippen LogP contribution in [0.5, 0.6) is 0 Å². The first kappa shape index (κ1) is 7.01. The van der Waals surface area contributed by atoms with Gasteiger partial charge in [0.1, 0.15) is 10.9 Å². The van der Waals surface area contributed by atoms with Crippen molar-refractivity contribution >= 4 is 34.8 Å². The molecule has 0 aliphatic carbocycles. The molecular weight excluding hydrogens is 251 g/mol. The molecule has 0 aliphatic rings. The van der Waals surface area contributed by atoms with Gasteiger partial charge < -0.3 is 5.11 Å². The van der Waals surface area contributed by atoms with Gasteiger partial charge in [-0.1, -0.05) is 0 Å². The fourth-order valence-corrected chi connectivity index (χ4v) is 2.50. The molecule has 48 valence electrons. The standard InChI is InChI=1S/C5H3IO2S/c6-9-2-1-4(3-9)5(7)8/h1-3H/p+1. The number of carbonyl (C=O) groups is 1. The van der Waals surface area contributed by atoms with Crippen molar-refractivity contribution in [1.29, 1.82) is 0 Å². The molecule has 1 aromatic rings. The first-order chi connectivity index (χ1) is 4.20. The molecule has 1 atom stereocenters. The van der Waals surface area contributed by atoms with Crippen LogP contribution in [0, 0.1) is 0 Å². The van der Waals surface area contributed by atoms with Crippen molar-refractivity contribution in [3.63, 3.8) is 0 Å². The Kier molecular flexibility index (Phi) is 2.07. The summed E-state index contributed by atoms with van der Waals surface area (Å²) >= 11 is 2.18. The number of thiophene rings is 1. The third-order valence-electron chi connectivity index (χ3n) is 0.864. The highest BCUT2D eigenvalue weighted by Gasteiger charge is 2.09. The van der Waals surface area contributed by atoms with Crippen molar-refractivity contribution in [3.8, 4) is 0 Å². The summed E-state index contributed by atoms with van der Waals surface area (Å²) in [5, 5.41) is 12.0. The molecular formula is C5H4IO2S+. The lowest BCUT2D eigenvalue weighted by molar-refractivity contribution is 0.0697. The molecule has 0 spiro atoms. The van der Waals surface area contributed by atoms with E-state index in [1.807, 2.05) is 5.38 Å². The summed E-state index contributed by atoms with van der Waals surface area (Å²) in [5.41, 5.74) is 0.410. The number of rotatable bonds is 1. The summed E-state index contributed by atoms with van der Waals surface area (Å²) in [5.74, 6) is -0.835. The molecule has 0 saturated carbocycles. The predicted octanol–water partition coefficient (Wildman–Crippen LogP) is 2.33. The first-order valence-corrected chi connectivity index (χ1v) is 6.11. The van der Waals surface area contributed by atoms with Gasteiger partial charge in [0.05, 0.1) is 0 Å². The van der Waals surface area contributed by atoms with Gasteiger partial charge in [0.25, 0.3) is 21.2 Å². The molecule has 1 aromatic heterocycles. The van der Waals surface area contributed by atoms with Gasteiger partial charge in [0.15, 0.2) is 5.38 Å². The van der Waals surface area contributed by atoms with Crippen LogP contribution in [0.25, 0.3) is 0 Å². The minimum Gasteiger partial charge on any atom is -0.478 e. The molecule has 0 saturated heterocycles. The van der Waals surface area contributed by atoms with Crippen LogP contribution in [0.1, 0.15) is 10.4 Å². The maximum absolute atomic E-state index is 10.2. The second-order valence-corrected chi connectivity index (χ2v) is 5.68. The Morgan fingerprint density at radius 1 is 1.78 bits per heavy atom. The fourth-order valence-electron chi connectivity index (χ4n) is 0.460. The summed E-state index contributed by atoms with van der Waals surface area (Å²) in [4.78, 5) is 10.2. The summed E-state index contributed by atoms with van der Waals surface area (Å²) < 4.78 is 0. The molecule has 0 fully saturated rings. The Hall–Kier alpha value is -0.100. The van der Waals surface area contributed by atoms with Gasteiger partial charge in [0, 0.05) is 13.7 Å². The number of hydrogen-bond donors (Lipinski definition) is 1. The van der Waals surface area contributed by atoms with Gasteiger partial charge in [-0.3, -0.25) is 0 Å². The molecule has 1 unspecified atom stereocenters. The monoisotopic (exact) mass is 255 g/mol. The minimum absolute atomic E-state index is 0.0231. The summed E-state index contributed by atoms with van der Waals surface area (Å²) in [6.45, 7) is 0. The van der Waals surface area contributed by atoms with E-state index in [2.05, 4.69) is 21.2 Å². The Morgan fingerprint density at radius 3 is 2.67 bits per heavy atom. The molecule has 4 heteroatoms. The summed E-state index contributed by atoms with van der Waals surface area (Å²) in [6, 6.07) is 1.64. The van der Waals surface area contributed by atoms with E-state index in [-0.39, 0.29) is 7.64 Å². The first-order valence-electron chi connectivity index (χ1n) is 2.21. The highest BCUT2D eigenvalue weighted by molar-refractivity contribution is 14.2. The zero-order valence-electron chi connectivity index (χ0n) is 4.37. The molecule has 1 rings (SSSR count). The van der Waals surface area contributed by atoms with E-state index in [1.54, 1.807) is 11.4 Å². The SMILES string of the molecule is O=C(O)c1cc[s+](I)c1. The van der Waals surface area contributed by atoms with Crippen LogP contribution in [0.15, 0.2) is 16.8 Å². The second-order valence-electron chi connectivity index (χ2n) is 1.50. The third-order valence-corrected chi connectivity index (χ3v) is 3.38. The largest absolute Gasteiger partial charge is 0.478 e. The highest BCUT2D eigenvalue weighted by Crippen LogP contribution is 2.27. The van der Waals surface area contributed by atoms with Crippen molar-refractivity contribution in [2.45, 2.75) is 0 Å². The lowest BCUT2D eigenvalue weighted by atomic mass is 10.4. The Labute approximate surface area is 67.1 Å². The van der Waals surface area contributed by atoms with Crippen LogP contribution < -0.4 is 0 Å². The second kappa shape index (κ2) is 2.66. The molecule has 1 N–H and O–H groups in total. The van der Waals surface area contributed by atoms with E-state index in [9.17, 15) is 4.79 Å². The average Bonchev–Trinajstić information content (AvgIpc) is 2.14. The summed E-state index contributed by atoms with van der Waals surface area (Å²) in [6.07, 6.45) is 0. The molecule has 0 radical (unpaired) electrons.